The van der Waals surface area contributed by atoms with Crippen molar-refractivity contribution in [1.82, 2.24) is 10.6 Å². The first-order chi connectivity index (χ1) is 11.7. The van der Waals surface area contributed by atoms with Crippen LogP contribution in [0.5, 0.6) is 0 Å². The third-order valence-corrected chi connectivity index (χ3v) is 5.45. The second-order valence-electron chi connectivity index (χ2n) is 6.64. The monoisotopic (exact) mass is 368 g/mol. The normalized spacial score (nSPS) is 20.7. The van der Waals surface area contributed by atoms with Gasteiger partial charge in [0.25, 0.3) is 0 Å². The minimum absolute atomic E-state index is 0.0604. The van der Waals surface area contributed by atoms with E-state index in [9.17, 15) is 18.0 Å². The van der Waals surface area contributed by atoms with Crippen LogP contribution in [0, 0.1) is 5.92 Å². The molecule has 2 rings (SSSR count). The number of sulfone groups is 1. The first kappa shape index (κ1) is 19.2. The summed E-state index contributed by atoms with van der Waals surface area (Å²) in [6.07, 6.45) is 4.42. The van der Waals surface area contributed by atoms with Crippen LogP contribution in [0.2, 0.25) is 0 Å². The Morgan fingerprint density at radius 1 is 1.12 bits per heavy atom. The molecule has 0 spiro atoms. The molecule has 1 aliphatic carbocycles. The van der Waals surface area contributed by atoms with Gasteiger partial charge in [-0.2, -0.15) is 0 Å². The second-order valence-corrected chi connectivity index (χ2v) is 8.82. The van der Waals surface area contributed by atoms with Crippen LogP contribution in [0.4, 0.5) is 4.79 Å². The van der Waals surface area contributed by atoms with Crippen LogP contribution in [0.1, 0.15) is 41.6 Å². The van der Waals surface area contributed by atoms with Gasteiger partial charge < -0.3 is 15.7 Å². The van der Waals surface area contributed by atoms with E-state index in [1.54, 1.807) is 12.1 Å². The minimum Gasteiger partial charge on any atom is -0.478 e. The standard InChI is InChI=1S/C17H24N2O5S/c1-25(23,24)11-13-4-8-15(9-5-13)19-17(22)18-10-12-2-6-14(7-3-12)16(20)21/h2-3,6-7,13,15H,4-5,8-11H2,1H3,(H,20,21)(H2,18,19,22). The zero-order valence-corrected chi connectivity index (χ0v) is 15.0. The number of carbonyl (C=O) groups is 2. The molecular weight excluding hydrogens is 344 g/mol. The number of nitrogens with one attached hydrogen (secondary N) is 2. The van der Waals surface area contributed by atoms with E-state index in [4.69, 9.17) is 5.11 Å². The van der Waals surface area contributed by atoms with Gasteiger partial charge in [0.2, 0.25) is 0 Å². The quantitative estimate of drug-likeness (QED) is 0.708. The fraction of sp³-hybridized carbons (Fsp3) is 0.529. The van der Waals surface area contributed by atoms with Crippen LogP contribution < -0.4 is 10.6 Å². The maximum absolute atomic E-state index is 12.0. The lowest BCUT2D eigenvalue weighted by molar-refractivity contribution is 0.0697. The maximum Gasteiger partial charge on any atom is 0.335 e. The topological polar surface area (TPSA) is 113 Å². The third-order valence-electron chi connectivity index (χ3n) is 4.37. The first-order valence-corrected chi connectivity index (χ1v) is 10.3. The van der Waals surface area contributed by atoms with Crippen molar-refractivity contribution in [2.45, 2.75) is 38.3 Å². The van der Waals surface area contributed by atoms with Crippen LogP contribution in [-0.4, -0.2) is 43.6 Å². The fourth-order valence-electron chi connectivity index (χ4n) is 3.09. The number of amides is 2. The van der Waals surface area contributed by atoms with Gasteiger partial charge in [0.15, 0.2) is 0 Å². The lowest BCUT2D eigenvalue weighted by atomic mass is 9.87. The van der Waals surface area contributed by atoms with Gasteiger partial charge in [-0.25, -0.2) is 18.0 Å². The van der Waals surface area contributed by atoms with Gasteiger partial charge in [0.1, 0.15) is 9.84 Å². The Morgan fingerprint density at radius 3 is 2.24 bits per heavy atom. The highest BCUT2D eigenvalue weighted by Gasteiger charge is 2.24. The Balaban J connectivity index is 1.71. The van der Waals surface area contributed by atoms with Crippen molar-refractivity contribution >= 4 is 21.8 Å². The van der Waals surface area contributed by atoms with E-state index in [1.165, 1.54) is 18.4 Å². The highest BCUT2D eigenvalue weighted by atomic mass is 32.2. The molecule has 1 aromatic carbocycles. The number of hydrogen-bond donors (Lipinski definition) is 3. The number of hydrogen-bond acceptors (Lipinski definition) is 4. The minimum atomic E-state index is -2.95. The molecule has 0 saturated heterocycles. The van der Waals surface area contributed by atoms with Crippen molar-refractivity contribution in [3.8, 4) is 0 Å². The molecule has 0 atom stereocenters. The van der Waals surface area contributed by atoms with Gasteiger partial charge >= 0.3 is 12.0 Å². The summed E-state index contributed by atoms with van der Waals surface area (Å²) in [5.41, 5.74) is 1.02. The molecule has 0 unspecified atom stereocenters. The Labute approximate surface area is 147 Å². The molecule has 3 N–H and O–H groups in total. The summed E-state index contributed by atoms with van der Waals surface area (Å²) in [4.78, 5) is 22.7. The number of urea groups is 1. The van der Waals surface area contributed by atoms with Crippen LogP contribution in [0.3, 0.4) is 0 Å². The average molecular weight is 368 g/mol. The van der Waals surface area contributed by atoms with Crippen molar-refractivity contribution in [3.05, 3.63) is 35.4 Å². The first-order valence-electron chi connectivity index (χ1n) is 8.27. The smallest absolute Gasteiger partial charge is 0.335 e. The number of aromatic carboxylic acids is 1. The second kappa shape index (κ2) is 8.33. The average Bonchev–Trinajstić information content (AvgIpc) is 2.54. The molecule has 2 amide bonds. The summed E-state index contributed by atoms with van der Waals surface area (Å²) in [5, 5.41) is 14.5. The molecule has 0 aromatic heterocycles. The lowest BCUT2D eigenvalue weighted by Crippen LogP contribution is -2.43. The molecular formula is C17H24N2O5S. The molecule has 0 heterocycles. The van der Waals surface area contributed by atoms with Gasteiger partial charge in [-0.05, 0) is 49.3 Å². The summed E-state index contributed by atoms with van der Waals surface area (Å²) in [5.74, 6) is -0.578. The molecule has 138 valence electrons. The molecule has 1 fully saturated rings. The SMILES string of the molecule is CS(=O)(=O)CC1CCC(NC(=O)NCc2ccc(C(=O)O)cc2)CC1. The summed E-state index contributed by atoms with van der Waals surface area (Å²) in [6, 6.07) is 6.13. The van der Waals surface area contributed by atoms with E-state index >= 15 is 0 Å². The van der Waals surface area contributed by atoms with Crippen molar-refractivity contribution in [3.63, 3.8) is 0 Å². The predicted octanol–water partition coefficient (Wildman–Crippen LogP) is 1.79. The predicted molar refractivity (Wildman–Crippen MR) is 94.2 cm³/mol. The Kier molecular flexibility index (Phi) is 6.41. The van der Waals surface area contributed by atoms with Crippen molar-refractivity contribution in [1.29, 1.82) is 0 Å². The Morgan fingerprint density at radius 2 is 1.72 bits per heavy atom. The van der Waals surface area contributed by atoms with E-state index < -0.39 is 15.8 Å². The van der Waals surface area contributed by atoms with Gasteiger partial charge in [0, 0.05) is 18.8 Å². The van der Waals surface area contributed by atoms with Crippen molar-refractivity contribution < 1.29 is 23.1 Å². The number of benzene rings is 1. The molecule has 25 heavy (non-hydrogen) atoms. The molecule has 1 saturated carbocycles. The third kappa shape index (κ3) is 6.74. The maximum atomic E-state index is 12.0. The van der Waals surface area contributed by atoms with Crippen LogP contribution in [0.15, 0.2) is 24.3 Å². The van der Waals surface area contributed by atoms with E-state index in [0.717, 1.165) is 31.2 Å². The zero-order valence-electron chi connectivity index (χ0n) is 14.2. The molecule has 0 bridgehead atoms. The van der Waals surface area contributed by atoms with Gasteiger partial charge in [-0.15, -0.1) is 0 Å². The van der Waals surface area contributed by atoms with Gasteiger partial charge in [-0.1, -0.05) is 12.1 Å². The van der Waals surface area contributed by atoms with Gasteiger partial charge in [0.05, 0.1) is 11.3 Å². The van der Waals surface area contributed by atoms with Crippen LogP contribution >= 0.6 is 0 Å². The van der Waals surface area contributed by atoms with E-state index in [0.29, 0.717) is 6.54 Å². The Bertz CT molecular complexity index is 707. The molecule has 0 aliphatic heterocycles. The molecule has 1 aromatic rings. The molecule has 1 aliphatic rings. The Hall–Kier alpha value is -2.09. The highest BCUT2D eigenvalue weighted by molar-refractivity contribution is 7.90. The largest absolute Gasteiger partial charge is 0.478 e. The van der Waals surface area contributed by atoms with Crippen LogP contribution in [0.25, 0.3) is 0 Å². The number of rotatable bonds is 6. The summed E-state index contributed by atoms with van der Waals surface area (Å²) < 4.78 is 22.6. The van der Waals surface area contributed by atoms with Crippen LogP contribution in [-0.2, 0) is 16.4 Å². The number of carboxylic acids is 1. The van der Waals surface area contributed by atoms with Crippen molar-refractivity contribution in [2.75, 3.05) is 12.0 Å². The molecule has 7 nitrogen and oxygen atoms in total. The molecule has 8 heteroatoms. The molecule has 0 radical (unpaired) electrons. The van der Waals surface area contributed by atoms with Crippen molar-refractivity contribution in [2.24, 2.45) is 5.92 Å². The highest BCUT2D eigenvalue weighted by Crippen LogP contribution is 2.25. The van der Waals surface area contributed by atoms with E-state index in [1.807, 2.05) is 0 Å². The summed E-state index contributed by atoms with van der Waals surface area (Å²) in [7, 11) is -2.95. The number of carboxylic acid groups (broad SMARTS) is 1. The zero-order chi connectivity index (χ0) is 18.4. The van der Waals surface area contributed by atoms with Gasteiger partial charge in [-0.3, -0.25) is 0 Å². The number of carbonyl (C=O) groups excluding carboxylic acids is 1. The summed E-state index contributed by atoms with van der Waals surface area (Å²) >= 11 is 0. The summed E-state index contributed by atoms with van der Waals surface area (Å²) in [6.45, 7) is 0.315. The lowest BCUT2D eigenvalue weighted by Gasteiger charge is -2.28. The van der Waals surface area contributed by atoms with E-state index in [2.05, 4.69) is 10.6 Å². The fourth-order valence-corrected chi connectivity index (χ4v) is 4.28. The van der Waals surface area contributed by atoms with E-state index in [-0.39, 0.29) is 29.3 Å².